The highest BCUT2D eigenvalue weighted by Gasteiger charge is 2.44. The summed E-state index contributed by atoms with van der Waals surface area (Å²) in [6.45, 7) is 3.48. The van der Waals surface area contributed by atoms with E-state index >= 15 is 0 Å². The number of ether oxygens (including phenoxy) is 1. The third kappa shape index (κ3) is 2.84. The molecule has 1 N–H and O–H groups in total. The van der Waals surface area contributed by atoms with Crippen molar-refractivity contribution in [3.05, 3.63) is 0 Å². The molecule has 0 aromatic heterocycles. The Morgan fingerprint density at radius 2 is 1.85 bits per heavy atom. The van der Waals surface area contributed by atoms with Gasteiger partial charge >= 0.3 is 5.97 Å². The molecule has 2 aliphatic rings. The molecule has 0 aliphatic carbocycles. The molecule has 0 radical (unpaired) electrons. The minimum atomic E-state index is -3.31. The first-order chi connectivity index (χ1) is 9.42. The van der Waals surface area contributed by atoms with E-state index in [1.54, 1.807) is 0 Å². The molecule has 2 saturated heterocycles. The van der Waals surface area contributed by atoms with Gasteiger partial charge in [0, 0.05) is 26.3 Å². The number of carboxylic acids is 1. The summed E-state index contributed by atoms with van der Waals surface area (Å²) in [5.41, 5.74) is -0.748. The number of hydrogen-bond acceptors (Lipinski definition) is 4. The van der Waals surface area contributed by atoms with Crippen LogP contribution in [0, 0.1) is 5.41 Å². The van der Waals surface area contributed by atoms with Gasteiger partial charge in [-0.3, -0.25) is 4.79 Å². The van der Waals surface area contributed by atoms with Gasteiger partial charge in [-0.15, -0.1) is 0 Å². The van der Waals surface area contributed by atoms with E-state index in [-0.39, 0.29) is 5.25 Å². The Kier molecular flexibility index (Phi) is 4.71. The van der Waals surface area contributed by atoms with Crippen LogP contribution in [0.25, 0.3) is 0 Å². The summed E-state index contributed by atoms with van der Waals surface area (Å²) in [5, 5.41) is 8.98. The lowest BCUT2D eigenvalue weighted by Gasteiger charge is -2.39. The van der Waals surface area contributed by atoms with Crippen molar-refractivity contribution in [3.63, 3.8) is 0 Å². The fourth-order valence-corrected chi connectivity index (χ4v) is 4.97. The van der Waals surface area contributed by atoms with Gasteiger partial charge in [0.2, 0.25) is 10.0 Å². The fraction of sp³-hybridized carbons (Fsp3) is 0.923. The Bertz CT molecular complexity index is 447. The van der Waals surface area contributed by atoms with Crippen molar-refractivity contribution < 1.29 is 23.1 Å². The number of rotatable bonds is 4. The van der Waals surface area contributed by atoms with E-state index in [4.69, 9.17) is 4.74 Å². The molecule has 6 nitrogen and oxygen atoms in total. The van der Waals surface area contributed by atoms with Crippen molar-refractivity contribution >= 4 is 16.0 Å². The number of hydrogen-bond donors (Lipinski definition) is 1. The smallest absolute Gasteiger partial charge is 0.309 e. The van der Waals surface area contributed by atoms with Crippen LogP contribution in [-0.2, 0) is 19.6 Å². The molecule has 2 fully saturated rings. The first-order valence-electron chi connectivity index (χ1n) is 7.22. The second kappa shape index (κ2) is 5.99. The van der Waals surface area contributed by atoms with Gasteiger partial charge in [0.1, 0.15) is 0 Å². The van der Waals surface area contributed by atoms with E-state index in [1.165, 1.54) is 4.31 Å². The SMILES string of the molecule is CCC1(C(=O)O)CCN(S(=O)(=O)C2CCOCC2)CC1. The summed E-state index contributed by atoms with van der Waals surface area (Å²) in [6, 6.07) is 0. The minimum Gasteiger partial charge on any atom is -0.481 e. The van der Waals surface area contributed by atoms with E-state index in [2.05, 4.69) is 0 Å². The quantitative estimate of drug-likeness (QED) is 0.840. The molecule has 0 unspecified atom stereocenters. The van der Waals surface area contributed by atoms with Gasteiger partial charge in [-0.1, -0.05) is 6.92 Å². The molecule has 2 rings (SSSR count). The van der Waals surface area contributed by atoms with E-state index < -0.39 is 21.4 Å². The first kappa shape index (κ1) is 15.7. The van der Waals surface area contributed by atoms with Crippen molar-refractivity contribution in [1.82, 2.24) is 4.31 Å². The van der Waals surface area contributed by atoms with Crippen LogP contribution in [0.2, 0.25) is 0 Å². The highest BCUT2D eigenvalue weighted by atomic mass is 32.2. The lowest BCUT2D eigenvalue weighted by Crippen LogP contribution is -2.49. The predicted molar refractivity (Wildman–Crippen MR) is 73.9 cm³/mol. The summed E-state index contributed by atoms with van der Waals surface area (Å²) in [5.74, 6) is -0.803. The standard InChI is InChI=1S/C13H23NO5S/c1-2-13(12(15)16)5-7-14(8-6-13)20(17,18)11-3-9-19-10-4-11/h11H,2-10H2,1H3,(H,15,16). The Morgan fingerprint density at radius 1 is 1.30 bits per heavy atom. The van der Waals surface area contributed by atoms with Crippen LogP contribution in [0.5, 0.6) is 0 Å². The van der Waals surface area contributed by atoms with Crippen molar-refractivity contribution in [1.29, 1.82) is 0 Å². The maximum Gasteiger partial charge on any atom is 0.309 e. The van der Waals surface area contributed by atoms with Gasteiger partial charge in [-0.05, 0) is 32.1 Å². The first-order valence-corrected chi connectivity index (χ1v) is 8.73. The zero-order valence-corrected chi connectivity index (χ0v) is 12.7. The van der Waals surface area contributed by atoms with Crippen molar-refractivity contribution in [2.75, 3.05) is 26.3 Å². The van der Waals surface area contributed by atoms with Crippen LogP contribution in [-0.4, -0.2) is 55.4 Å². The Hall–Kier alpha value is -0.660. The molecule has 0 atom stereocenters. The monoisotopic (exact) mass is 305 g/mol. The third-order valence-corrected chi connectivity index (χ3v) is 7.16. The highest BCUT2D eigenvalue weighted by molar-refractivity contribution is 7.89. The molecule has 116 valence electrons. The summed E-state index contributed by atoms with van der Waals surface area (Å²) < 4.78 is 31.8. The molecule has 0 aromatic carbocycles. The molecule has 2 heterocycles. The van der Waals surface area contributed by atoms with E-state index in [9.17, 15) is 18.3 Å². The zero-order chi connectivity index (χ0) is 14.8. The number of aliphatic carboxylic acids is 1. The minimum absolute atomic E-state index is 0.319. The van der Waals surface area contributed by atoms with Gasteiger partial charge in [0.15, 0.2) is 0 Å². The topological polar surface area (TPSA) is 83.9 Å². The van der Waals surface area contributed by atoms with Gasteiger partial charge in [0.05, 0.1) is 10.7 Å². The molecule has 0 aromatic rings. The molecule has 0 bridgehead atoms. The zero-order valence-electron chi connectivity index (χ0n) is 11.9. The Morgan fingerprint density at radius 3 is 2.30 bits per heavy atom. The van der Waals surface area contributed by atoms with Crippen LogP contribution in [0.15, 0.2) is 0 Å². The summed E-state index contributed by atoms with van der Waals surface area (Å²) >= 11 is 0. The lowest BCUT2D eigenvalue weighted by atomic mass is 9.77. The van der Waals surface area contributed by atoms with Gasteiger partial charge in [-0.2, -0.15) is 0 Å². The van der Waals surface area contributed by atoms with E-state index in [1.807, 2.05) is 6.92 Å². The average Bonchev–Trinajstić information content (AvgIpc) is 2.48. The lowest BCUT2D eigenvalue weighted by molar-refractivity contribution is -0.151. The van der Waals surface area contributed by atoms with Gasteiger partial charge in [-0.25, -0.2) is 12.7 Å². The number of sulfonamides is 1. The molecule has 7 heteroatoms. The molecule has 2 aliphatic heterocycles. The normalized spacial score (nSPS) is 25.4. The molecule has 0 spiro atoms. The third-order valence-electron chi connectivity index (χ3n) is 4.76. The molecule has 0 saturated carbocycles. The largest absolute Gasteiger partial charge is 0.481 e. The Labute approximate surface area is 120 Å². The predicted octanol–water partition coefficient (Wildman–Crippen LogP) is 1.07. The summed E-state index contributed by atoms with van der Waals surface area (Å²) in [7, 11) is -3.31. The number of carbonyl (C=O) groups is 1. The molecule has 20 heavy (non-hydrogen) atoms. The second-order valence-electron chi connectivity index (χ2n) is 5.69. The van der Waals surface area contributed by atoms with Gasteiger partial charge < -0.3 is 9.84 Å². The summed E-state index contributed by atoms with van der Waals surface area (Å²) in [6.07, 6.45) is 2.43. The fourth-order valence-electron chi connectivity index (χ4n) is 3.07. The van der Waals surface area contributed by atoms with Crippen LogP contribution >= 0.6 is 0 Å². The van der Waals surface area contributed by atoms with E-state index in [0.29, 0.717) is 58.4 Å². The molecular weight excluding hydrogens is 282 g/mol. The Balaban J connectivity index is 2.04. The number of nitrogens with zero attached hydrogens (tertiary/aromatic N) is 1. The van der Waals surface area contributed by atoms with Crippen LogP contribution in [0.3, 0.4) is 0 Å². The van der Waals surface area contributed by atoms with Crippen molar-refractivity contribution in [3.8, 4) is 0 Å². The van der Waals surface area contributed by atoms with Crippen molar-refractivity contribution in [2.45, 2.75) is 44.3 Å². The highest BCUT2D eigenvalue weighted by Crippen LogP contribution is 2.37. The number of carboxylic acid groups (broad SMARTS) is 1. The second-order valence-corrected chi connectivity index (χ2v) is 7.91. The van der Waals surface area contributed by atoms with Gasteiger partial charge in [0.25, 0.3) is 0 Å². The number of piperidine rings is 1. The molecule has 0 amide bonds. The summed E-state index contributed by atoms with van der Waals surface area (Å²) in [4.78, 5) is 11.4. The maximum absolute atomic E-state index is 12.5. The van der Waals surface area contributed by atoms with Crippen LogP contribution in [0.1, 0.15) is 39.0 Å². The van der Waals surface area contributed by atoms with Crippen molar-refractivity contribution in [2.24, 2.45) is 5.41 Å². The molecular formula is C13H23NO5S. The van der Waals surface area contributed by atoms with Crippen LogP contribution in [0.4, 0.5) is 0 Å². The van der Waals surface area contributed by atoms with E-state index in [0.717, 1.165) is 0 Å². The maximum atomic E-state index is 12.5. The van der Waals surface area contributed by atoms with Crippen LogP contribution < -0.4 is 0 Å². The average molecular weight is 305 g/mol.